The minimum Gasteiger partial charge on any atom is -0.366 e. The molecule has 7 heteroatoms. The zero-order chi connectivity index (χ0) is 15.3. The number of rotatable bonds is 3. The molecule has 3 N–H and O–H groups in total. The molecule has 3 unspecified atom stereocenters. The fourth-order valence-electron chi connectivity index (χ4n) is 2.30. The Morgan fingerprint density at radius 2 is 1.90 bits per heavy atom. The Hall–Kier alpha value is -1.34. The van der Waals surface area contributed by atoms with Crippen molar-refractivity contribution in [2.45, 2.75) is 31.9 Å². The van der Waals surface area contributed by atoms with Gasteiger partial charge in [0.2, 0.25) is 5.91 Å². The number of carbonyl (C=O) groups is 1. The predicted molar refractivity (Wildman–Crippen MR) is 64.2 cm³/mol. The first-order valence-electron chi connectivity index (χ1n) is 6.19. The summed E-state index contributed by atoms with van der Waals surface area (Å²) in [5.74, 6) is -1.76. The Labute approximate surface area is 114 Å². The number of halogens is 3. The highest BCUT2D eigenvalue weighted by atomic mass is 19.4. The molecule has 1 saturated carbocycles. The number of nitrogens with one attached hydrogen (secondary N) is 1. The highest BCUT2D eigenvalue weighted by Gasteiger charge is 2.55. The maximum atomic E-state index is 12.6. The molecule has 4 nitrogen and oxygen atoms in total. The number of aliphatic hydroxyl groups excluding tert-OH is 1. The monoisotopic (exact) mass is 291 g/mol. The Balaban J connectivity index is 2.04. The van der Waals surface area contributed by atoms with E-state index in [1.165, 1.54) is 19.9 Å². The van der Waals surface area contributed by atoms with Crippen molar-refractivity contribution in [3.8, 4) is 0 Å². The first-order chi connectivity index (χ1) is 9.04. The van der Waals surface area contributed by atoms with Crippen LogP contribution in [0.3, 0.4) is 0 Å². The van der Waals surface area contributed by atoms with Crippen LogP contribution in [0.1, 0.15) is 13.8 Å². The van der Waals surface area contributed by atoms with Crippen molar-refractivity contribution in [3.05, 3.63) is 23.8 Å². The third kappa shape index (κ3) is 2.73. The average Bonchev–Trinajstić information content (AvgIpc) is 2.99. The zero-order valence-corrected chi connectivity index (χ0v) is 11.0. The molecule has 0 bridgehead atoms. The molecule has 2 aliphatic rings. The summed E-state index contributed by atoms with van der Waals surface area (Å²) in [7, 11) is 0. The number of hydrogen-bond donors (Lipinski definition) is 3. The topological polar surface area (TPSA) is 69.6 Å². The molecule has 2 aliphatic carbocycles. The second-order valence-electron chi connectivity index (χ2n) is 5.74. The third-order valence-corrected chi connectivity index (χ3v) is 3.72. The molecule has 1 fully saturated rings. The number of aliphatic hydroxyl groups is 2. The highest BCUT2D eigenvalue weighted by molar-refractivity contribution is 5.84. The molecule has 0 aromatic rings. The van der Waals surface area contributed by atoms with Gasteiger partial charge in [0.05, 0.1) is 17.0 Å². The molecule has 0 aromatic carbocycles. The number of alkyl halides is 3. The van der Waals surface area contributed by atoms with E-state index in [4.69, 9.17) is 10.2 Å². The summed E-state index contributed by atoms with van der Waals surface area (Å²) in [6, 6.07) is 0. The first-order valence-corrected chi connectivity index (χ1v) is 6.19. The van der Waals surface area contributed by atoms with E-state index in [2.05, 4.69) is 5.32 Å². The molecule has 1 amide bonds. The molecule has 0 saturated heterocycles. The van der Waals surface area contributed by atoms with Gasteiger partial charge in [0.1, 0.15) is 0 Å². The van der Waals surface area contributed by atoms with Gasteiger partial charge in [-0.3, -0.25) is 4.79 Å². The number of amides is 1. The molecular formula is C13H16F3NO3. The maximum Gasteiger partial charge on any atom is 0.416 e. The van der Waals surface area contributed by atoms with Gasteiger partial charge in [-0.2, -0.15) is 13.2 Å². The Morgan fingerprint density at radius 1 is 1.30 bits per heavy atom. The van der Waals surface area contributed by atoms with E-state index in [9.17, 15) is 18.0 Å². The maximum absolute atomic E-state index is 12.6. The SMILES string of the molecule is CC(C)(NC(=O)C1C2C=CC(C(F)(F)F)=CC21)C(O)O. The van der Waals surface area contributed by atoms with E-state index < -0.39 is 41.3 Å². The van der Waals surface area contributed by atoms with E-state index in [-0.39, 0.29) is 5.92 Å². The van der Waals surface area contributed by atoms with Crippen LogP contribution >= 0.6 is 0 Å². The Morgan fingerprint density at radius 3 is 2.40 bits per heavy atom. The summed E-state index contributed by atoms with van der Waals surface area (Å²) in [4.78, 5) is 12.0. The molecule has 0 radical (unpaired) electrons. The molecule has 0 aromatic heterocycles. The summed E-state index contributed by atoms with van der Waals surface area (Å²) >= 11 is 0. The lowest BCUT2D eigenvalue weighted by atomic mass is 10.0. The smallest absolute Gasteiger partial charge is 0.366 e. The lowest BCUT2D eigenvalue weighted by molar-refractivity contribution is -0.134. The molecule has 112 valence electrons. The largest absolute Gasteiger partial charge is 0.416 e. The Bertz CT molecular complexity index is 480. The number of carbonyl (C=O) groups excluding carboxylic acids is 1. The number of allylic oxidation sites excluding steroid dienone is 4. The van der Waals surface area contributed by atoms with Crippen LogP contribution < -0.4 is 5.32 Å². The van der Waals surface area contributed by atoms with E-state index in [1.54, 1.807) is 0 Å². The van der Waals surface area contributed by atoms with Crippen LogP contribution in [0.25, 0.3) is 0 Å². The van der Waals surface area contributed by atoms with Crippen LogP contribution in [0.5, 0.6) is 0 Å². The van der Waals surface area contributed by atoms with E-state index in [1.807, 2.05) is 0 Å². The summed E-state index contributed by atoms with van der Waals surface area (Å²) in [6.07, 6.45) is -2.71. The predicted octanol–water partition coefficient (Wildman–Crippen LogP) is 1.11. The number of hydrogen-bond acceptors (Lipinski definition) is 3. The van der Waals surface area contributed by atoms with Crippen LogP contribution in [0, 0.1) is 17.8 Å². The quantitative estimate of drug-likeness (QED) is 0.682. The summed E-state index contributed by atoms with van der Waals surface area (Å²) in [5, 5.41) is 20.7. The van der Waals surface area contributed by atoms with Gasteiger partial charge < -0.3 is 15.5 Å². The standard InChI is InChI=1S/C13H16F3NO3/c1-12(2,11(19)20)17-10(18)9-7-4-3-6(5-8(7)9)13(14,15)16/h3-5,7-9,11,19-20H,1-2H3,(H,17,18). The summed E-state index contributed by atoms with van der Waals surface area (Å²) in [5.41, 5.74) is -1.99. The van der Waals surface area contributed by atoms with Gasteiger partial charge in [-0.15, -0.1) is 0 Å². The minimum atomic E-state index is -4.41. The molecular weight excluding hydrogens is 275 g/mol. The van der Waals surface area contributed by atoms with Crippen molar-refractivity contribution in [2.75, 3.05) is 0 Å². The highest BCUT2D eigenvalue weighted by Crippen LogP contribution is 2.53. The molecule has 3 atom stereocenters. The fraction of sp³-hybridized carbons (Fsp3) is 0.615. The van der Waals surface area contributed by atoms with Crippen LogP contribution in [-0.2, 0) is 4.79 Å². The van der Waals surface area contributed by atoms with Crippen molar-refractivity contribution >= 4 is 5.91 Å². The molecule has 0 heterocycles. The lowest BCUT2D eigenvalue weighted by Crippen LogP contribution is -2.52. The van der Waals surface area contributed by atoms with Crippen LogP contribution in [0.2, 0.25) is 0 Å². The van der Waals surface area contributed by atoms with Crippen LogP contribution in [0.15, 0.2) is 23.8 Å². The van der Waals surface area contributed by atoms with Gasteiger partial charge in [-0.05, 0) is 25.7 Å². The van der Waals surface area contributed by atoms with Gasteiger partial charge in [-0.25, -0.2) is 0 Å². The van der Waals surface area contributed by atoms with Gasteiger partial charge in [-0.1, -0.05) is 18.2 Å². The van der Waals surface area contributed by atoms with Gasteiger partial charge in [0.15, 0.2) is 6.29 Å². The van der Waals surface area contributed by atoms with Gasteiger partial charge >= 0.3 is 6.18 Å². The summed E-state index contributed by atoms with van der Waals surface area (Å²) in [6.45, 7) is 2.85. The fourth-order valence-corrected chi connectivity index (χ4v) is 2.30. The van der Waals surface area contributed by atoms with Crippen molar-refractivity contribution < 1.29 is 28.2 Å². The minimum absolute atomic E-state index is 0.243. The Kier molecular flexibility index (Phi) is 3.46. The molecule has 0 aliphatic heterocycles. The average molecular weight is 291 g/mol. The van der Waals surface area contributed by atoms with Crippen molar-refractivity contribution in [2.24, 2.45) is 17.8 Å². The van der Waals surface area contributed by atoms with Crippen molar-refractivity contribution in [3.63, 3.8) is 0 Å². The van der Waals surface area contributed by atoms with Crippen molar-refractivity contribution in [1.82, 2.24) is 5.32 Å². The normalized spacial score (nSPS) is 29.0. The molecule has 0 spiro atoms. The van der Waals surface area contributed by atoms with Crippen molar-refractivity contribution in [1.29, 1.82) is 0 Å². The van der Waals surface area contributed by atoms with E-state index in [0.717, 1.165) is 12.2 Å². The van der Waals surface area contributed by atoms with Crippen LogP contribution in [-0.4, -0.2) is 34.1 Å². The first kappa shape index (κ1) is 15.1. The lowest BCUT2D eigenvalue weighted by Gasteiger charge is -2.28. The zero-order valence-electron chi connectivity index (χ0n) is 11.0. The molecule has 2 rings (SSSR count). The van der Waals surface area contributed by atoms with Gasteiger partial charge in [0.25, 0.3) is 0 Å². The van der Waals surface area contributed by atoms with Gasteiger partial charge in [0, 0.05) is 0 Å². The number of fused-ring (bicyclic) bond motifs is 1. The second-order valence-corrected chi connectivity index (χ2v) is 5.74. The summed E-state index contributed by atoms with van der Waals surface area (Å²) < 4.78 is 37.7. The van der Waals surface area contributed by atoms with Crippen LogP contribution in [0.4, 0.5) is 13.2 Å². The van der Waals surface area contributed by atoms with E-state index in [0.29, 0.717) is 0 Å². The molecule has 20 heavy (non-hydrogen) atoms. The third-order valence-electron chi connectivity index (χ3n) is 3.72. The van der Waals surface area contributed by atoms with E-state index >= 15 is 0 Å². The second kappa shape index (κ2) is 4.60.